The van der Waals surface area contributed by atoms with E-state index in [1.807, 2.05) is 0 Å². The summed E-state index contributed by atoms with van der Waals surface area (Å²) < 4.78 is 34.4. The van der Waals surface area contributed by atoms with Gasteiger partial charge in [-0.3, -0.25) is 4.79 Å². The second-order valence-electron chi connectivity index (χ2n) is 8.42. The Labute approximate surface area is 168 Å². The lowest BCUT2D eigenvalue weighted by Gasteiger charge is -2.31. The molecule has 0 aromatic rings. The molecule has 0 saturated heterocycles. The van der Waals surface area contributed by atoms with Gasteiger partial charge in [-0.1, -0.05) is 32.1 Å². The summed E-state index contributed by atoms with van der Waals surface area (Å²) in [6, 6.07) is -0.769. The molecule has 1 aliphatic carbocycles. The SMILES string of the molecule is CCOC(=O)CS(=O)(=O)C[C@H](O)[C@H](CC1CCCCC1)NC(=O)OC(C)(C)C. The third kappa shape index (κ3) is 10.3. The monoisotopic (exact) mass is 421 g/mol. The first-order valence-corrected chi connectivity index (χ1v) is 11.8. The molecular weight excluding hydrogens is 386 g/mol. The van der Waals surface area contributed by atoms with Gasteiger partial charge >= 0.3 is 12.1 Å². The lowest BCUT2D eigenvalue weighted by molar-refractivity contribution is -0.139. The molecule has 0 spiro atoms. The van der Waals surface area contributed by atoms with Crippen molar-refractivity contribution < 1.29 is 32.6 Å². The van der Waals surface area contributed by atoms with Gasteiger partial charge in [-0.15, -0.1) is 0 Å². The second-order valence-corrected chi connectivity index (χ2v) is 10.5. The van der Waals surface area contributed by atoms with E-state index in [1.165, 1.54) is 0 Å². The number of aliphatic hydroxyl groups is 1. The van der Waals surface area contributed by atoms with Crippen molar-refractivity contribution in [1.82, 2.24) is 5.32 Å². The van der Waals surface area contributed by atoms with Crippen molar-refractivity contribution in [3.63, 3.8) is 0 Å². The molecule has 0 aromatic heterocycles. The summed E-state index contributed by atoms with van der Waals surface area (Å²) in [5.74, 6) is -1.96. The highest BCUT2D eigenvalue weighted by molar-refractivity contribution is 7.92. The van der Waals surface area contributed by atoms with Crippen LogP contribution in [0, 0.1) is 5.92 Å². The number of carbonyl (C=O) groups excluding carboxylic acids is 2. The van der Waals surface area contributed by atoms with Gasteiger partial charge in [0.1, 0.15) is 11.4 Å². The van der Waals surface area contributed by atoms with Crippen LogP contribution >= 0.6 is 0 Å². The molecule has 0 bridgehead atoms. The first-order valence-electron chi connectivity index (χ1n) is 9.95. The van der Waals surface area contributed by atoms with Crippen LogP contribution in [-0.4, -0.2) is 61.4 Å². The Bertz CT molecular complexity index is 606. The van der Waals surface area contributed by atoms with Gasteiger partial charge < -0.3 is 19.9 Å². The zero-order valence-corrected chi connectivity index (χ0v) is 18.2. The van der Waals surface area contributed by atoms with E-state index in [0.29, 0.717) is 12.3 Å². The van der Waals surface area contributed by atoms with Crippen molar-refractivity contribution in [2.45, 2.75) is 84.0 Å². The summed E-state index contributed by atoms with van der Waals surface area (Å²) in [5.41, 5.74) is -0.708. The number of ether oxygens (including phenoxy) is 2. The molecule has 0 aliphatic heterocycles. The molecule has 9 heteroatoms. The molecule has 1 aliphatic rings. The van der Waals surface area contributed by atoms with Crippen molar-refractivity contribution in [1.29, 1.82) is 0 Å². The molecule has 1 rings (SSSR count). The quantitative estimate of drug-likeness (QED) is 0.548. The minimum atomic E-state index is -3.88. The fourth-order valence-electron chi connectivity index (χ4n) is 3.37. The Morgan fingerprint density at radius 3 is 2.32 bits per heavy atom. The van der Waals surface area contributed by atoms with E-state index < -0.39 is 51.2 Å². The summed E-state index contributed by atoms with van der Waals surface area (Å²) >= 11 is 0. The van der Waals surface area contributed by atoms with E-state index in [0.717, 1.165) is 32.1 Å². The molecule has 0 heterocycles. The van der Waals surface area contributed by atoms with E-state index in [1.54, 1.807) is 27.7 Å². The molecule has 8 nitrogen and oxygen atoms in total. The molecule has 1 amide bonds. The third-order valence-corrected chi connectivity index (χ3v) is 6.07. The summed E-state index contributed by atoms with van der Waals surface area (Å²) in [6.45, 7) is 6.85. The third-order valence-electron chi connectivity index (χ3n) is 4.55. The minimum absolute atomic E-state index is 0.0847. The molecule has 2 atom stereocenters. The van der Waals surface area contributed by atoms with Gasteiger partial charge in [0.25, 0.3) is 0 Å². The van der Waals surface area contributed by atoms with E-state index >= 15 is 0 Å². The average Bonchev–Trinajstić information content (AvgIpc) is 2.52. The highest BCUT2D eigenvalue weighted by Gasteiger charge is 2.32. The summed E-state index contributed by atoms with van der Waals surface area (Å²) in [6.07, 6.45) is 3.72. The highest BCUT2D eigenvalue weighted by atomic mass is 32.2. The molecule has 28 heavy (non-hydrogen) atoms. The first kappa shape index (κ1) is 24.7. The van der Waals surface area contributed by atoms with E-state index in [4.69, 9.17) is 4.74 Å². The topological polar surface area (TPSA) is 119 Å². The Morgan fingerprint density at radius 1 is 1.18 bits per heavy atom. The largest absolute Gasteiger partial charge is 0.465 e. The van der Waals surface area contributed by atoms with E-state index in [-0.39, 0.29) is 6.61 Å². The van der Waals surface area contributed by atoms with Gasteiger partial charge in [0, 0.05) is 0 Å². The van der Waals surface area contributed by atoms with Crippen LogP contribution in [0.1, 0.15) is 66.2 Å². The van der Waals surface area contributed by atoms with E-state index in [2.05, 4.69) is 10.1 Å². The molecule has 0 radical (unpaired) electrons. The maximum atomic E-state index is 12.2. The number of sulfone groups is 1. The Balaban J connectivity index is 2.80. The number of carbonyl (C=O) groups is 2. The van der Waals surface area contributed by atoms with Crippen molar-refractivity contribution in [2.24, 2.45) is 5.92 Å². The van der Waals surface area contributed by atoms with Crippen molar-refractivity contribution in [3.05, 3.63) is 0 Å². The Hall–Kier alpha value is -1.35. The number of alkyl carbamates (subject to hydrolysis) is 1. The maximum Gasteiger partial charge on any atom is 0.407 e. The predicted octanol–water partition coefficient (Wildman–Crippen LogP) is 2.19. The molecule has 0 unspecified atom stereocenters. The normalized spacial score (nSPS) is 18.2. The van der Waals surface area contributed by atoms with Gasteiger partial charge in [-0.25, -0.2) is 13.2 Å². The van der Waals surface area contributed by atoms with Gasteiger partial charge in [-0.05, 0) is 40.0 Å². The lowest BCUT2D eigenvalue weighted by Crippen LogP contribution is -2.49. The number of aliphatic hydroxyl groups excluding tert-OH is 1. The van der Waals surface area contributed by atoms with Crippen molar-refractivity contribution >= 4 is 21.9 Å². The molecule has 1 saturated carbocycles. The zero-order chi connectivity index (χ0) is 21.4. The number of esters is 1. The van der Waals surface area contributed by atoms with Crippen LogP contribution in [0.3, 0.4) is 0 Å². The molecule has 0 aromatic carbocycles. The lowest BCUT2D eigenvalue weighted by atomic mass is 9.84. The highest BCUT2D eigenvalue weighted by Crippen LogP contribution is 2.28. The predicted molar refractivity (Wildman–Crippen MR) is 106 cm³/mol. The Morgan fingerprint density at radius 2 is 1.79 bits per heavy atom. The fourth-order valence-corrected chi connectivity index (χ4v) is 4.68. The van der Waals surface area contributed by atoms with Gasteiger partial charge in [-0.2, -0.15) is 0 Å². The van der Waals surface area contributed by atoms with Crippen LogP contribution in [-0.2, 0) is 24.1 Å². The summed E-state index contributed by atoms with van der Waals surface area (Å²) in [7, 11) is -3.88. The summed E-state index contributed by atoms with van der Waals surface area (Å²) in [4.78, 5) is 23.7. The Kier molecular flexibility index (Phi) is 9.69. The average molecular weight is 422 g/mol. The molecular formula is C19H35NO7S. The number of amides is 1. The maximum absolute atomic E-state index is 12.2. The van der Waals surface area contributed by atoms with Gasteiger partial charge in [0.05, 0.1) is 24.5 Å². The second kappa shape index (κ2) is 11.0. The van der Waals surface area contributed by atoms with Crippen LogP contribution in [0.5, 0.6) is 0 Å². The van der Waals surface area contributed by atoms with Crippen LogP contribution in [0.25, 0.3) is 0 Å². The first-order chi connectivity index (χ1) is 12.9. The number of nitrogens with one attached hydrogen (secondary N) is 1. The summed E-state index contributed by atoms with van der Waals surface area (Å²) in [5, 5.41) is 13.2. The van der Waals surface area contributed by atoms with Crippen LogP contribution in [0.2, 0.25) is 0 Å². The minimum Gasteiger partial charge on any atom is -0.465 e. The van der Waals surface area contributed by atoms with Crippen LogP contribution < -0.4 is 5.32 Å². The molecule has 2 N–H and O–H groups in total. The van der Waals surface area contributed by atoms with Crippen LogP contribution in [0.4, 0.5) is 4.79 Å². The number of hydrogen-bond donors (Lipinski definition) is 2. The van der Waals surface area contributed by atoms with Crippen LogP contribution in [0.15, 0.2) is 0 Å². The van der Waals surface area contributed by atoms with Crippen molar-refractivity contribution in [2.75, 3.05) is 18.1 Å². The molecule has 164 valence electrons. The number of rotatable bonds is 9. The van der Waals surface area contributed by atoms with Gasteiger partial charge in [0.2, 0.25) is 0 Å². The van der Waals surface area contributed by atoms with Gasteiger partial charge in [0.15, 0.2) is 9.84 Å². The smallest absolute Gasteiger partial charge is 0.407 e. The fraction of sp³-hybridized carbons (Fsp3) is 0.895. The standard InChI is InChI=1S/C19H35NO7S/c1-5-26-17(22)13-28(24,25)12-16(21)15(11-14-9-7-6-8-10-14)20-18(23)27-19(2,3)4/h14-16,21H,5-13H2,1-4H3,(H,20,23)/t15-,16-/m0/s1. The molecule has 1 fully saturated rings. The van der Waals surface area contributed by atoms with Crippen molar-refractivity contribution in [3.8, 4) is 0 Å². The van der Waals surface area contributed by atoms with E-state index in [9.17, 15) is 23.1 Å². The number of hydrogen-bond acceptors (Lipinski definition) is 7. The zero-order valence-electron chi connectivity index (χ0n) is 17.4.